The number of aromatic nitrogens is 3. The van der Waals surface area contributed by atoms with Crippen LogP contribution in [0.5, 0.6) is 0 Å². The largest absolute Gasteiger partial charge is 0.343 e. The molecule has 0 fully saturated rings. The Morgan fingerprint density at radius 1 is 1.09 bits per heavy atom. The molecular formula is C18H15N5. The lowest BCUT2D eigenvalue weighted by atomic mass is 10.0. The first-order chi connectivity index (χ1) is 11.2. The van der Waals surface area contributed by atoms with Crippen LogP contribution in [0.1, 0.15) is 28.1 Å². The van der Waals surface area contributed by atoms with Crippen molar-refractivity contribution >= 4 is 0 Å². The molecular weight excluding hydrogens is 286 g/mol. The standard InChI is InChI=1S/C18H15N5/c1-12-17(8-20)18(16-5-3-14(7-19)4-6-16)13(2)23(12)11-15-9-21-22-10-15/h3-6,9-10H,11H2,1-2H3,(H,21,22). The molecule has 5 heteroatoms. The van der Waals surface area contributed by atoms with Crippen molar-refractivity contribution in [3.05, 3.63) is 64.7 Å². The molecule has 3 rings (SSSR count). The molecule has 1 aromatic carbocycles. The van der Waals surface area contributed by atoms with E-state index >= 15 is 0 Å². The second-order valence-electron chi connectivity index (χ2n) is 5.41. The molecule has 0 radical (unpaired) electrons. The van der Waals surface area contributed by atoms with E-state index in [9.17, 15) is 5.26 Å². The van der Waals surface area contributed by atoms with Crippen molar-refractivity contribution in [1.29, 1.82) is 10.5 Å². The number of nitriles is 2. The normalized spacial score (nSPS) is 10.3. The van der Waals surface area contributed by atoms with E-state index < -0.39 is 0 Å². The Morgan fingerprint density at radius 3 is 2.39 bits per heavy atom. The van der Waals surface area contributed by atoms with Crippen molar-refractivity contribution in [2.45, 2.75) is 20.4 Å². The highest BCUT2D eigenvalue weighted by atomic mass is 15.1. The maximum Gasteiger partial charge on any atom is 0.102 e. The van der Waals surface area contributed by atoms with Gasteiger partial charge in [0.1, 0.15) is 6.07 Å². The molecule has 23 heavy (non-hydrogen) atoms. The highest BCUT2D eigenvalue weighted by Gasteiger charge is 2.19. The Kier molecular flexibility index (Phi) is 3.70. The van der Waals surface area contributed by atoms with Gasteiger partial charge in [0, 0.05) is 28.7 Å². The van der Waals surface area contributed by atoms with Gasteiger partial charge in [-0.15, -0.1) is 0 Å². The third kappa shape index (κ3) is 2.49. The van der Waals surface area contributed by atoms with Gasteiger partial charge in [0.05, 0.1) is 29.9 Å². The predicted molar refractivity (Wildman–Crippen MR) is 86.5 cm³/mol. The van der Waals surface area contributed by atoms with Crippen LogP contribution in [0.4, 0.5) is 0 Å². The van der Waals surface area contributed by atoms with Gasteiger partial charge in [-0.1, -0.05) is 12.1 Å². The molecule has 0 amide bonds. The summed E-state index contributed by atoms with van der Waals surface area (Å²) in [6, 6.07) is 11.8. The zero-order valence-corrected chi connectivity index (χ0v) is 13.0. The van der Waals surface area contributed by atoms with Gasteiger partial charge in [0.25, 0.3) is 0 Å². The molecule has 2 aromatic heterocycles. The van der Waals surface area contributed by atoms with E-state index in [0.717, 1.165) is 28.1 Å². The van der Waals surface area contributed by atoms with E-state index in [4.69, 9.17) is 5.26 Å². The smallest absolute Gasteiger partial charge is 0.102 e. The van der Waals surface area contributed by atoms with Crippen LogP contribution in [-0.2, 0) is 6.54 Å². The van der Waals surface area contributed by atoms with Crippen LogP contribution in [-0.4, -0.2) is 14.8 Å². The lowest BCUT2D eigenvalue weighted by Gasteiger charge is -2.08. The lowest BCUT2D eigenvalue weighted by Crippen LogP contribution is -2.03. The van der Waals surface area contributed by atoms with E-state index in [1.807, 2.05) is 32.2 Å². The molecule has 3 aromatic rings. The molecule has 0 bridgehead atoms. The third-order valence-corrected chi connectivity index (χ3v) is 4.09. The van der Waals surface area contributed by atoms with Crippen LogP contribution in [0.15, 0.2) is 36.7 Å². The van der Waals surface area contributed by atoms with Crippen LogP contribution < -0.4 is 0 Å². The van der Waals surface area contributed by atoms with Gasteiger partial charge in [-0.05, 0) is 31.5 Å². The van der Waals surface area contributed by atoms with Crippen LogP contribution >= 0.6 is 0 Å². The van der Waals surface area contributed by atoms with Crippen LogP contribution in [0.25, 0.3) is 11.1 Å². The molecule has 0 saturated carbocycles. The molecule has 0 aliphatic heterocycles. The molecule has 112 valence electrons. The summed E-state index contributed by atoms with van der Waals surface area (Å²) in [6.45, 7) is 4.64. The number of H-pyrrole nitrogens is 1. The monoisotopic (exact) mass is 301 g/mol. The van der Waals surface area contributed by atoms with E-state index in [2.05, 4.69) is 26.9 Å². The maximum absolute atomic E-state index is 9.59. The Balaban J connectivity index is 2.13. The van der Waals surface area contributed by atoms with Crippen molar-refractivity contribution < 1.29 is 0 Å². The average Bonchev–Trinajstić information content (AvgIpc) is 3.17. The average molecular weight is 301 g/mol. The van der Waals surface area contributed by atoms with Crippen LogP contribution in [0.2, 0.25) is 0 Å². The third-order valence-electron chi connectivity index (χ3n) is 4.09. The summed E-state index contributed by atoms with van der Waals surface area (Å²) >= 11 is 0. The quantitative estimate of drug-likeness (QED) is 0.806. The van der Waals surface area contributed by atoms with Gasteiger partial charge in [-0.2, -0.15) is 15.6 Å². The summed E-state index contributed by atoms with van der Waals surface area (Å²) in [5.41, 5.74) is 6.19. The van der Waals surface area contributed by atoms with Gasteiger partial charge in [0.2, 0.25) is 0 Å². The maximum atomic E-state index is 9.59. The Hall–Kier alpha value is -3.31. The van der Waals surface area contributed by atoms with E-state index in [0.29, 0.717) is 17.7 Å². The topological polar surface area (TPSA) is 81.2 Å². The van der Waals surface area contributed by atoms with Crippen LogP contribution in [0.3, 0.4) is 0 Å². The van der Waals surface area contributed by atoms with E-state index in [1.165, 1.54) is 0 Å². The van der Waals surface area contributed by atoms with Crippen molar-refractivity contribution in [2.75, 3.05) is 0 Å². The number of aromatic amines is 1. The molecule has 0 aliphatic rings. The number of benzene rings is 1. The van der Waals surface area contributed by atoms with Gasteiger partial charge in [-0.3, -0.25) is 5.10 Å². The second kappa shape index (κ2) is 5.82. The van der Waals surface area contributed by atoms with Crippen molar-refractivity contribution in [3.8, 4) is 23.3 Å². The Bertz CT molecular complexity index is 916. The van der Waals surface area contributed by atoms with Gasteiger partial charge in [-0.25, -0.2) is 0 Å². The Morgan fingerprint density at radius 2 is 1.83 bits per heavy atom. The minimum atomic E-state index is 0.611. The highest BCUT2D eigenvalue weighted by Crippen LogP contribution is 2.32. The van der Waals surface area contributed by atoms with Gasteiger partial charge >= 0.3 is 0 Å². The fourth-order valence-electron chi connectivity index (χ4n) is 2.87. The summed E-state index contributed by atoms with van der Waals surface area (Å²) in [6.07, 6.45) is 3.64. The zero-order valence-electron chi connectivity index (χ0n) is 13.0. The zero-order chi connectivity index (χ0) is 16.4. The molecule has 0 spiro atoms. The first kappa shape index (κ1) is 14.6. The van der Waals surface area contributed by atoms with Crippen molar-refractivity contribution in [1.82, 2.24) is 14.8 Å². The summed E-state index contributed by atoms with van der Waals surface area (Å²) in [5.74, 6) is 0. The van der Waals surface area contributed by atoms with Gasteiger partial charge < -0.3 is 4.57 Å². The van der Waals surface area contributed by atoms with Crippen molar-refractivity contribution in [3.63, 3.8) is 0 Å². The number of hydrogen-bond donors (Lipinski definition) is 1. The number of hydrogen-bond acceptors (Lipinski definition) is 3. The highest BCUT2D eigenvalue weighted by molar-refractivity contribution is 5.75. The summed E-state index contributed by atoms with van der Waals surface area (Å²) in [5, 5.41) is 25.3. The molecule has 0 unspecified atom stereocenters. The first-order valence-electron chi connectivity index (χ1n) is 7.23. The Labute approximate surface area is 134 Å². The van der Waals surface area contributed by atoms with Gasteiger partial charge in [0.15, 0.2) is 0 Å². The summed E-state index contributed by atoms with van der Waals surface area (Å²) < 4.78 is 2.12. The molecule has 0 atom stereocenters. The predicted octanol–water partition coefficient (Wildman–Crippen LogP) is 3.29. The van der Waals surface area contributed by atoms with E-state index in [-0.39, 0.29) is 0 Å². The van der Waals surface area contributed by atoms with Crippen molar-refractivity contribution in [2.24, 2.45) is 0 Å². The van der Waals surface area contributed by atoms with E-state index in [1.54, 1.807) is 18.3 Å². The SMILES string of the molecule is Cc1c(C#N)c(-c2ccc(C#N)cc2)c(C)n1Cc1cn[nH]c1. The number of rotatable bonds is 3. The molecule has 5 nitrogen and oxygen atoms in total. The summed E-state index contributed by atoms with van der Waals surface area (Å²) in [7, 11) is 0. The first-order valence-corrected chi connectivity index (χ1v) is 7.23. The molecule has 2 heterocycles. The summed E-state index contributed by atoms with van der Waals surface area (Å²) in [4.78, 5) is 0. The molecule has 0 aliphatic carbocycles. The number of nitrogens with one attached hydrogen (secondary N) is 1. The molecule has 1 N–H and O–H groups in total. The number of nitrogens with zero attached hydrogens (tertiary/aromatic N) is 4. The molecule has 0 saturated heterocycles. The van der Waals surface area contributed by atoms with Crippen LogP contribution in [0, 0.1) is 36.5 Å². The minimum Gasteiger partial charge on any atom is -0.343 e. The minimum absolute atomic E-state index is 0.611. The lowest BCUT2D eigenvalue weighted by molar-refractivity contribution is 0.749. The fourth-order valence-corrected chi connectivity index (χ4v) is 2.87. The second-order valence-corrected chi connectivity index (χ2v) is 5.41. The fraction of sp³-hybridized carbons (Fsp3) is 0.167.